The molecule has 156 valence electrons. The van der Waals surface area contributed by atoms with Gasteiger partial charge in [0, 0.05) is 13.5 Å². The predicted molar refractivity (Wildman–Crippen MR) is 108 cm³/mol. The monoisotopic (exact) mass is 409 g/mol. The second-order valence-electron chi connectivity index (χ2n) is 9.15. The van der Waals surface area contributed by atoms with Crippen molar-refractivity contribution in [2.75, 3.05) is 6.54 Å². The lowest BCUT2D eigenvalue weighted by Crippen LogP contribution is -2.70. The fraction of sp³-hybridized carbons (Fsp3) is 0.455. The molecular weight excluding hydrogens is 386 g/mol. The number of nitrogens with one attached hydrogen (secondary N) is 1. The number of fused-ring (bicyclic) bond motifs is 4. The highest BCUT2D eigenvalue weighted by molar-refractivity contribution is 6.29. The van der Waals surface area contributed by atoms with Crippen LogP contribution in [0.15, 0.2) is 24.3 Å². The molecule has 2 atom stereocenters. The SMILES string of the molecule is CC(=O)Oc1ccc2c(c1)[N+]([O-])=C1C2=C[C@]2(CC1(C)C)NC(=O)[C@@H]1CCCN1C2=O. The first kappa shape index (κ1) is 18.8. The molecule has 4 aliphatic rings. The van der Waals surface area contributed by atoms with Crippen LogP contribution in [0.2, 0.25) is 0 Å². The van der Waals surface area contributed by atoms with E-state index in [2.05, 4.69) is 5.32 Å². The fourth-order valence-corrected chi connectivity index (χ4v) is 5.47. The lowest BCUT2D eigenvalue weighted by Gasteiger charge is -2.47. The van der Waals surface area contributed by atoms with E-state index in [0.717, 1.165) is 11.2 Å². The molecule has 5 rings (SSSR count). The van der Waals surface area contributed by atoms with Gasteiger partial charge in [-0.3, -0.25) is 14.4 Å². The summed E-state index contributed by atoms with van der Waals surface area (Å²) in [5, 5.41) is 16.2. The normalized spacial score (nSPS) is 28.7. The molecule has 1 aliphatic carbocycles. The molecule has 30 heavy (non-hydrogen) atoms. The number of allylic oxidation sites excluding steroid dienone is 1. The molecule has 2 fully saturated rings. The number of carbonyl (C=O) groups excluding carboxylic acids is 3. The Morgan fingerprint density at radius 1 is 1.33 bits per heavy atom. The number of benzene rings is 1. The fourth-order valence-electron chi connectivity index (χ4n) is 5.47. The Balaban J connectivity index is 1.66. The lowest BCUT2D eigenvalue weighted by molar-refractivity contribution is -0.361. The number of hydrogen-bond acceptors (Lipinski definition) is 5. The first-order chi connectivity index (χ1) is 14.1. The van der Waals surface area contributed by atoms with Gasteiger partial charge in [-0.2, -0.15) is 4.74 Å². The van der Waals surface area contributed by atoms with Gasteiger partial charge in [-0.15, -0.1) is 0 Å². The molecule has 2 amide bonds. The molecule has 0 radical (unpaired) electrons. The largest absolute Gasteiger partial charge is 0.618 e. The zero-order valence-corrected chi connectivity index (χ0v) is 17.2. The van der Waals surface area contributed by atoms with Crippen LogP contribution in [0.5, 0.6) is 5.75 Å². The summed E-state index contributed by atoms with van der Waals surface area (Å²) in [6.07, 6.45) is 3.55. The van der Waals surface area contributed by atoms with E-state index >= 15 is 0 Å². The van der Waals surface area contributed by atoms with Crippen molar-refractivity contribution in [3.05, 3.63) is 35.0 Å². The zero-order valence-electron chi connectivity index (χ0n) is 17.2. The maximum Gasteiger partial charge on any atom is 0.308 e. The number of piperazine rings is 1. The standard InChI is InChI=1S/C22H23N3O5/c1-12(26)30-13-6-7-14-15-10-22(11-21(2,3)18(15)25(29)17(14)9-13)20(28)24-8-4-5-16(24)19(27)23-22/h6-7,9-10,16H,4-5,8,11H2,1-3H3,(H,23,27)/t16-,22+/m0/s1. The molecule has 0 aromatic heterocycles. The molecule has 8 nitrogen and oxygen atoms in total. The van der Waals surface area contributed by atoms with E-state index in [1.165, 1.54) is 13.0 Å². The van der Waals surface area contributed by atoms with Crippen LogP contribution in [-0.2, 0) is 14.4 Å². The minimum atomic E-state index is -1.17. The number of rotatable bonds is 1. The average Bonchev–Trinajstić information content (AvgIpc) is 3.24. The minimum Gasteiger partial charge on any atom is -0.618 e. The number of ether oxygens (including phenoxy) is 1. The Labute approximate surface area is 173 Å². The number of hydrogen-bond donors (Lipinski definition) is 1. The van der Waals surface area contributed by atoms with Gasteiger partial charge in [-0.05, 0) is 51.3 Å². The van der Waals surface area contributed by atoms with E-state index in [-0.39, 0.29) is 17.6 Å². The highest BCUT2D eigenvalue weighted by Crippen LogP contribution is 2.50. The molecule has 0 bridgehead atoms. The summed E-state index contributed by atoms with van der Waals surface area (Å²) in [5.41, 5.74) is 0.396. The quantitative estimate of drug-likeness (QED) is 0.330. The maximum absolute atomic E-state index is 13.5. The highest BCUT2D eigenvalue weighted by atomic mass is 16.5. The topological polar surface area (TPSA) is 102 Å². The van der Waals surface area contributed by atoms with Gasteiger partial charge in [0.25, 0.3) is 5.91 Å². The number of carbonyl (C=O) groups is 3. The third kappa shape index (κ3) is 2.45. The third-order valence-electron chi connectivity index (χ3n) is 6.49. The molecule has 3 aliphatic heterocycles. The average molecular weight is 409 g/mol. The maximum atomic E-state index is 13.5. The molecule has 0 saturated carbocycles. The van der Waals surface area contributed by atoms with Crippen LogP contribution < -0.4 is 10.1 Å². The second-order valence-corrected chi connectivity index (χ2v) is 9.15. The van der Waals surface area contributed by atoms with Crippen LogP contribution in [0.3, 0.4) is 0 Å². The first-order valence-electron chi connectivity index (χ1n) is 10.2. The van der Waals surface area contributed by atoms with Crippen LogP contribution in [-0.4, -0.2) is 51.3 Å². The van der Waals surface area contributed by atoms with E-state index in [9.17, 15) is 19.6 Å². The van der Waals surface area contributed by atoms with Gasteiger partial charge in [0.15, 0.2) is 0 Å². The molecule has 1 spiro atoms. The number of amides is 2. The van der Waals surface area contributed by atoms with Gasteiger partial charge in [0.2, 0.25) is 17.3 Å². The Hall–Kier alpha value is -3.16. The van der Waals surface area contributed by atoms with Crippen molar-refractivity contribution in [2.45, 2.75) is 51.6 Å². The van der Waals surface area contributed by atoms with Crippen molar-refractivity contribution in [3.63, 3.8) is 0 Å². The smallest absolute Gasteiger partial charge is 0.308 e. The van der Waals surface area contributed by atoms with Crippen molar-refractivity contribution < 1.29 is 23.9 Å². The Morgan fingerprint density at radius 3 is 2.83 bits per heavy atom. The van der Waals surface area contributed by atoms with Crippen LogP contribution in [0.1, 0.15) is 45.6 Å². The van der Waals surface area contributed by atoms with Gasteiger partial charge in [0.1, 0.15) is 17.3 Å². The Morgan fingerprint density at radius 2 is 2.10 bits per heavy atom. The summed E-state index contributed by atoms with van der Waals surface area (Å²) < 4.78 is 5.99. The Bertz CT molecular complexity index is 1090. The highest BCUT2D eigenvalue weighted by Gasteiger charge is 2.59. The van der Waals surface area contributed by atoms with Gasteiger partial charge in [-0.25, -0.2) is 0 Å². The summed E-state index contributed by atoms with van der Waals surface area (Å²) in [6.45, 7) is 5.71. The molecule has 0 unspecified atom stereocenters. The van der Waals surface area contributed by atoms with Gasteiger partial charge in [0.05, 0.1) is 22.6 Å². The molecule has 8 heteroatoms. The summed E-state index contributed by atoms with van der Waals surface area (Å²) in [5.74, 6) is -0.418. The predicted octanol–water partition coefficient (Wildman–Crippen LogP) is 1.88. The molecule has 1 N–H and O–H groups in total. The molecular formula is C22H23N3O5. The summed E-state index contributed by atoms with van der Waals surface area (Å²) >= 11 is 0. The van der Waals surface area contributed by atoms with Gasteiger partial charge in [-0.1, -0.05) is 0 Å². The summed E-state index contributed by atoms with van der Waals surface area (Å²) in [4.78, 5) is 39.3. The van der Waals surface area contributed by atoms with Gasteiger partial charge < -0.3 is 20.2 Å². The van der Waals surface area contributed by atoms with E-state index < -0.39 is 23.0 Å². The molecule has 1 aromatic rings. The van der Waals surface area contributed by atoms with Crippen LogP contribution in [0.4, 0.5) is 5.69 Å². The van der Waals surface area contributed by atoms with Crippen LogP contribution >= 0.6 is 0 Å². The zero-order chi connectivity index (χ0) is 21.4. The lowest BCUT2D eigenvalue weighted by atomic mass is 9.66. The molecule has 3 heterocycles. The number of nitrogens with zero attached hydrogens (tertiary/aromatic N) is 2. The van der Waals surface area contributed by atoms with Crippen LogP contribution in [0, 0.1) is 10.6 Å². The van der Waals surface area contributed by atoms with Crippen molar-refractivity contribution in [1.29, 1.82) is 0 Å². The van der Waals surface area contributed by atoms with E-state index in [1.807, 2.05) is 13.8 Å². The Kier molecular flexibility index (Phi) is 3.73. The van der Waals surface area contributed by atoms with Crippen molar-refractivity contribution in [3.8, 4) is 5.75 Å². The first-order valence-corrected chi connectivity index (χ1v) is 10.2. The summed E-state index contributed by atoms with van der Waals surface area (Å²) in [7, 11) is 0. The van der Waals surface area contributed by atoms with Crippen molar-refractivity contribution in [1.82, 2.24) is 10.2 Å². The van der Waals surface area contributed by atoms with E-state index in [0.29, 0.717) is 41.9 Å². The summed E-state index contributed by atoms with van der Waals surface area (Å²) in [6, 6.07) is 4.49. The number of esters is 1. The van der Waals surface area contributed by atoms with Gasteiger partial charge >= 0.3 is 5.97 Å². The van der Waals surface area contributed by atoms with Crippen molar-refractivity contribution in [2.24, 2.45) is 5.41 Å². The molecule has 2 saturated heterocycles. The molecule has 1 aromatic carbocycles. The van der Waals surface area contributed by atoms with Crippen LogP contribution in [0.25, 0.3) is 5.57 Å². The van der Waals surface area contributed by atoms with E-state index in [4.69, 9.17) is 4.74 Å². The van der Waals surface area contributed by atoms with E-state index in [1.54, 1.807) is 23.1 Å². The minimum absolute atomic E-state index is 0.105. The second kappa shape index (κ2) is 5.93. The van der Waals surface area contributed by atoms with Crippen molar-refractivity contribution >= 4 is 34.8 Å². The third-order valence-corrected chi connectivity index (χ3v) is 6.49.